The minimum absolute atomic E-state index is 0.247. The van der Waals surface area contributed by atoms with E-state index in [2.05, 4.69) is 67.8 Å². The highest BCUT2D eigenvalue weighted by molar-refractivity contribution is 5.76. The van der Waals surface area contributed by atoms with Crippen molar-refractivity contribution in [3.8, 4) is 0 Å². The minimum atomic E-state index is -1.79. The van der Waals surface area contributed by atoms with Crippen molar-refractivity contribution in [1.29, 1.82) is 0 Å². The predicted octanol–water partition coefficient (Wildman–Crippen LogP) is 18.7. The number of carbonyl (C=O) groups is 1. The minimum Gasteiger partial charge on any atom is -0.394 e. The largest absolute Gasteiger partial charge is 0.394 e. The quantitative estimate of drug-likeness (QED) is 0.0204. The first-order valence-electron chi connectivity index (χ1n) is 41.0. The summed E-state index contributed by atoms with van der Waals surface area (Å²) in [7, 11) is 0. The number of nitrogens with one attached hydrogen (secondary N) is 1. The van der Waals surface area contributed by atoms with Crippen molar-refractivity contribution in [2.45, 2.75) is 441 Å². The number of hydrogen-bond acceptors (Lipinski definition) is 13. The Balaban J connectivity index is 1.63. The van der Waals surface area contributed by atoms with Crippen molar-refractivity contribution in [3.05, 3.63) is 60.8 Å². The third-order valence-electron chi connectivity index (χ3n) is 19.9. The van der Waals surface area contributed by atoms with Crippen molar-refractivity contribution in [2.75, 3.05) is 19.8 Å². The highest BCUT2D eigenvalue weighted by atomic mass is 16.7. The van der Waals surface area contributed by atoms with Gasteiger partial charge in [0, 0.05) is 6.42 Å². The maximum Gasteiger partial charge on any atom is 0.220 e. The number of aliphatic hydroxyl groups excluding tert-OH is 8. The molecule has 0 aliphatic carbocycles. The molecule has 9 N–H and O–H groups in total. The molecule has 97 heavy (non-hydrogen) atoms. The van der Waals surface area contributed by atoms with Crippen LogP contribution in [0.2, 0.25) is 0 Å². The zero-order valence-electron chi connectivity index (χ0n) is 62.3. The maximum absolute atomic E-state index is 13.4. The summed E-state index contributed by atoms with van der Waals surface area (Å²) in [6, 6.07) is -0.941. The first kappa shape index (κ1) is 90.8. The molecule has 2 aliphatic rings. The van der Waals surface area contributed by atoms with Crippen LogP contribution in [0.5, 0.6) is 0 Å². The number of rotatable bonds is 69. The molecule has 2 rings (SSSR count). The third-order valence-corrected chi connectivity index (χ3v) is 19.9. The Kier molecular flexibility index (Phi) is 62.6. The molecule has 0 spiro atoms. The Morgan fingerprint density at radius 1 is 0.371 bits per heavy atom. The molecule has 2 aliphatic heterocycles. The van der Waals surface area contributed by atoms with Crippen LogP contribution in [0.25, 0.3) is 0 Å². The number of hydrogen-bond donors (Lipinski definition) is 9. The summed E-state index contributed by atoms with van der Waals surface area (Å²) in [6.45, 7) is 2.82. The Morgan fingerprint density at radius 3 is 1.07 bits per heavy atom. The van der Waals surface area contributed by atoms with Crippen molar-refractivity contribution in [2.24, 2.45) is 0 Å². The molecule has 0 aromatic carbocycles. The van der Waals surface area contributed by atoms with Crippen LogP contribution < -0.4 is 5.32 Å². The van der Waals surface area contributed by atoms with Crippen LogP contribution in [0, 0.1) is 0 Å². The van der Waals surface area contributed by atoms with Gasteiger partial charge >= 0.3 is 0 Å². The number of aliphatic hydroxyl groups is 8. The molecule has 14 nitrogen and oxygen atoms in total. The predicted molar refractivity (Wildman–Crippen MR) is 401 cm³/mol. The standard InChI is InChI=1S/C83H153NO13/c1-3-5-7-9-11-13-15-17-19-21-23-25-27-29-31-33-35-36-37-39-41-43-45-47-49-51-53-55-57-59-61-63-65-67-75(88)84-71(70-94-82-80(93)78(91)81(74(69-86)96-82)97-83-79(92)77(90)76(89)73(68-85)95-83)72(87)66-64-62-60-58-56-54-52-50-48-46-44-42-40-38-34-32-30-28-26-24-22-20-18-16-14-12-10-8-6-4-2/h15,17,21,23,48,50,56,58,64,66,71-74,76-83,85-87,89-93H,3-14,16,18-20,22,24-47,49,51-55,57,59-63,65,67-70H2,1-2H3,(H,84,88)/b17-15-,23-21-,50-48+,58-56+,66-64+. The molecular formula is C83H153NO13. The number of amides is 1. The van der Waals surface area contributed by atoms with E-state index in [9.17, 15) is 45.6 Å². The van der Waals surface area contributed by atoms with Crippen LogP contribution in [0.4, 0.5) is 0 Å². The fraction of sp³-hybridized carbons (Fsp3) is 0.867. The lowest BCUT2D eigenvalue weighted by atomic mass is 9.97. The summed E-state index contributed by atoms with van der Waals surface area (Å²) in [4.78, 5) is 13.4. The van der Waals surface area contributed by atoms with Gasteiger partial charge < -0.3 is 65.1 Å². The van der Waals surface area contributed by atoms with Gasteiger partial charge in [0.15, 0.2) is 12.6 Å². The molecule has 2 heterocycles. The molecule has 14 heteroatoms. The summed E-state index contributed by atoms with van der Waals surface area (Å²) in [6.07, 6.45) is 74.6. The molecule has 0 bridgehead atoms. The topological polar surface area (TPSA) is 228 Å². The monoisotopic (exact) mass is 1370 g/mol. The molecule has 2 fully saturated rings. The van der Waals surface area contributed by atoms with Crippen LogP contribution >= 0.6 is 0 Å². The van der Waals surface area contributed by atoms with Gasteiger partial charge in [0.25, 0.3) is 0 Å². The van der Waals surface area contributed by atoms with E-state index in [0.29, 0.717) is 12.8 Å². The fourth-order valence-corrected chi connectivity index (χ4v) is 13.4. The van der Waals surface area contributed by atoms with Gasteiger partial charge in [0.2, 0.25) is 5.91 Å². The second-order valence-corrected chi connectivity index (χ2v) is 28.9. The highest BCUT2D eigenvalue weighted by Crippen LogP contribution is 2.30. The van der Waals surface area contributed by atoms with E-state index in [4.69, 9.17) is 18.9 Å². The molecule has 12 atom stereocenters. The summed E-state index contributed by atoms with van der Waals surface area (Å²) >= 11 is 0. The van der Waals surface area contributed by atoms with Crippen LogP contribution in [0.15, 0.2) is 60.8 Å². The second kappa shape index (κ2) is 66.9. The zero-order valence-corrected chi connectivity index (χ0v) is 62.3. The zero-order chi connectivity index (χ0) is 70.1. The van der Waals surface area contributed by atoms with E-state index in [1.54, 1.807) is 6.08 Å². The molecule has 1 amide bonds. The van der Waals surface area contributed by atoms with E-state index in [0.717, 1.165) is 51.4 Å². The molecule has 0 saturated carbocycles. The Bertz CT molecular complexity index is 1860. The summed E-state index contributed by atoms with van der Waals surface area (Å²) in [5.74, 6) is -0.247. The molecule has 0 aromatic heterocycles. The highest BCUT2D eigenvalue weighted by Gasteiger charge is 2.51. The SMILES string of the molecule is CCCCCCC/C=C\C/C=C\CCCCCCCCCCCCCCCCCCCCCCCC(=O)NC(COC1OC(CO)C(OC2OC(CO)C(O)C(O)C2O)C(O)C1O)C(O)/C=C/CC/C=C/CC/C=C/CCCCCCCCCCCCCCCCCCCCCC. The van der Waals surface area contributed by atoms with Crippen molar-refractivity contribution in [1.82, 2.24) is 5.32 Å². The van der Waals surface area contributed by atoms with E-state index in [1.807, 2.05) is 6.08 Å². The number of ether oxygens (including phenoxy) is 4. The summed E-state index contributed by atoms with van der Waals surface area (Å²) < 4.78 is 22.9. The molecule has 0 radical (unpaired) electrons. The lowest BCUT2D eigenvalue weighted by Gasteiger charge is -2.46. The van der Waals surface area contributed by atoms with Gasteiger partial charge in [-0.25, -0.2) is 0 Å². The number of allylic oxidation sites excluding steroid dienone is 9. The van der Waals surface area contributed by atoms with Gasteiger partial charge in [-0.1, -0.05) is 344 Å². The van der Waals surface area contributed by atoms with Crippen LogP contribution in [-0.4, -0.2) is 140 Å². The first-order chi connectivity index (χ1) is 47.6. The molecular weight excluding hydrogens is 1220 g/mol. The van der Waals surface area contributed by atoms with Crippen LogP contribution in [0.1, 0.15) is 367 Å². The smallest absolute Gasteiger partial charge is 0.220 e. The lowest BCUT2D eigenvalue weighted by Crippen LogP contribution is -2.65. The first-order valence-corrected chi connectivity index (χ1v) is 41.0. The Morgan fingerprint density at radius 2 is 0.691 bits per heavy atom. The van der Waals surface area contributed by atoms with E-state index in [-0.39, 0.29) is 18.9 Å². The fourth-order valence-electron chi connectivity index (χ4n) is 13.4. The molecule has 0 aromatic rings. The van der Waals surface area contributed by atoms with E-state index >= 15 is 0 Å². The van der Waals surface area contributed by atoms with Crippen molar-refractivity contribution >= 4 is 5.91 Å². The molecule has 12 unspecified atom stereocenters. The van der Waals surface area contributed by atoms with E-state index < -0.39 is 86.8 Å². The van der Waals surface area contributed by atoms with Crippen LogP contribution in [0.3, 0.4) is 0 Å². The van der Waals surface area contributed by atoms with Gasteiger partial charge in [0.05, 0.1) is 32.0 Å². The molecule has 568 valence electrons. The summed E-state index contributed by atoms with van der Waals surface area (Å²) in [5, 5.41) is 87.7. The third kappa shape index (κ3) is 49.9. The van der Waals surface area contributed by atoms with Crippen molar-refractivity contribution < 1.29 is 64.6 Å². The Hall–Kier alpha value is -2.31. The van der Waals surface area contributed by atoms with Gasteiger partial charge in [-0.15, -0.1) is 0 Å². The Labute approximate surface area is 594 Å². The van der Waals surface area contributed by atoms with Crippen molar-refractivity contribution in [3.63, 3.8) is 0 Å². The normalized spacial score (nSPS) is 22.4. The van der Waals surface area contributed by atoms with Gasteiger partial charge in [-0.05, 0) is 77.0 Å². The van der Waals surface area contributed by atoms with Gasteiger partial charge in [0.1, 0.15) is 48.8 Å². The number of unbranched alkanes of at least 4 members (excludes halogenated alkanes) is 48. The second-order valence-electron chi connectivity index (χ2n) is 28.9. The van der Waals surface area contributed by atoms with E-state index in [1.165, 1.54) is 283 Å². The number of carbonyl (C=O) groups excluding carboxylic acids is 1. The molecule has 2 saturated heterocycles. The maximum atomic E-state index is 13.4. The van der Waals surface area contributed by atoms with Crippen LogP contribution in [-0.2, 0) is 23.7 Å². The van der Waals surface area contributed by atoms with Gasteiger partial charge in [-0.2, -0.15) is 0 Å². The van der Waals surface area contributed by atoms with Gasteiger partial charge in [-0.3, -0.25) is 4.79 Å². The average Bonchev–Trinajstić information content (AvgIpc) is 0.794. The lowest BCUT2D eigenvalue weighted by molar-refractivity contribution is -0.359. The average molecular weight is 1370 g/mol. The summed E-state index contributed by atoms with van der Waals surface area (Å²) in [5.41, 5.74) is 0.